The molecule has 3 atom stereocenters. The highest BCUT2D eigenvalue weighted by Gasteiger charge is 2.25. The molecule has 0 spiro atoms. The molecular formula is C33H47N3O6S. The van der Waals surface area contributed by atoms with Crippen LogP contribution in [0.3, 0.4) is 0 Å². The van der Waals surface area contributed by atoms with Gasteiger partial charge in [0.05, 0.1) is 17.5 Å². The van der Waals surface area contributed by atoms with Gasteiger partial charge in [0, 0.05) is 31.6 Å². The van der Waals surface area contributed by atoms with E-state index in [0.29, 0.717) is 12.4 Å². The van der Waals surface area contributed by atoms with Crippen LogP contribution in [-0.4, -0.2) is 64.8 Å². The summed E-state index contributed by atoms with van der Waals surface area (Å²) < 4.78 is 49.1. The number of nitrogens with zero attached hydrogens (tertiary/aromatic N) is 1. The highest BCUT2D eigenvalue weighted by atomic mass is 32.2. The Labute approximate surface area is 257 Å². The van der Waals surface area contributed by atoms with E-state index in [1.165, 1.54) is 11.1 Å². The zero-order valence-corrected chi connectivity index (χ0v) is 26.7. The van der Waals surface area contributed by atoms with Gasteiger partial charge in [0.1, 0.15) is 18.5 Å². The smallest absolute Gasteiger partial charge is 0.297 e. The average Bonchev–Trinajstić information content (AvgIpc) is 3.02. The molecule has 0 bridgehead atoms. The van der Waals surface area contributed by atoms with Gasteiger partial charge in [0.2, 0.25) is 0 Å². The Morgan fingerprint density at radius 3 is 2.60 bits per heavy atom. The largest absolute Gasteiger partial charge is 0.491 e. The van der Waals surface area contributed by atoms with E-state index in [9.17, 15) is 8.42 Å². The number of fused-ring (bicyclic) bond motifs is 1. The Morgan fingerprint density at radius 2 is 1.91 bits per heavy atom. The topological polar surface area (TPSA) is 98.4 Å². The van der Waals surface area contributed by atoms with Crippen molar-refractivity contribution in [1.82, 2.24) is 10.4 Å². The van der Waals surface area contributed by atoms with Crippen molar-refractivity contribution < 1.29 is 26.8 Å². The van der Waals surface area contributed by atoms with Gasteiger partial charge in [0.25, 0.3) is 10.1 Å². The van der Waals surface area contributed by atoms with E-state index in [-0.39, 0.29) is 24.2 Å². The molecule has 4 rings (SSSR count). The number of allylic oxidation sites excluding steroid dienone is 1. The Morgan fingerprint density at radius 1 is 1.12 bits per heavy atom. The molecule has 2 N–H and O–H groups in total. The molecule has 9 nitrogen and oxygen atoms in total. The lowest BCUT2D eigenvalue weighted by Crippen LogP contribution is -2.35. The highest BCUT2D eigenvalue weighted by Crippen LogP contribution is 2.31. The molecule has 2 aromatic carbocycles. The number of hydrogen-bond donors (Lipinski definition) is 2. The van der Waals surface area contributed by atoms with Gasteiger partial charge in [-0.1, -0.05) is 43.7 Å². The van der Waals surface area contributed by atoms with Gasteiger partial charge in [-0.05, 0) is 87.4 Å². The van der Waals surface area contributed by atoms with Crippen LogP contribution in [0.4, 0.5) is 5.69 Å². The zero-order valence-electron chi connectivity index (χ0n) is 25.9. The van der Waals surface area contributed by atoms with Gasteiger partial charge < -0.3 is 25.0 Å². The van der Waals surface area contributed by atoms with Crippen LogP contribution in [0.5, 0.6) is 5.75 Å². The Hall–Kier alpha value is -2.89. The van der Waals surface area contributed by atoms with Gasteiger partial charge in [-0.25, -0.2) is 5.01 Å². The molecule has 2 aromatic rings. The number of hydrazine groups is 1. The molecule has 0 amide bonds. The summed E-state index contributed by atoms with van der Waals surface area (Å²) in [6, 6.07) is 12.8. The van der Waals surface area contributed by atoms with Crippen LogP contribution >= 0.6 is 0 Å². The fourth-order valence-electron chi connectivity index (χ4n) is 5.13. The van der Waals surface area contributed by atoms with Crippen molar-refractivity contribution in [3.63, 3.8) is 0 Å². The van der Waals surface area contributed by atoms with Crippen LogP contribution in [0.1, 0.15) is 57.6 Å². The van der Waals surface area contributed by atoms with Crippen molar-refractivity contribution in [2.75, 3.05) is 38.2 Å². The Kier molecular flexibility index (Phi) is 12.5. The number of aryl methyl sites for hydroxylation is 2. The highest BCUT2D eigenvalue weighted by molar-refractivity contribution is 7.86. The lowest BCUT2D eigenvalue weighted by molar-refractivity contribution is -0.198. The van der Waals surface area contributed by atoms with Crippen LogP contribution < -0.4 is 15.5 Å². The van der Waals surface area contributed by atoms with Crippen LogP contribution in [0.15, 0.2) is 71.3 Å². The molecule has 2 heterocycles. The van der Waals surface area contributed by atoms with Gasteiger partial charge in [-0.2, -0.15) is 8.42 Å². The minimum absolute atomic E-state index is 0.114. The molecule has 43 heavy (non-hydrogen) atoms. The quantitative estimate of drug-likeness (QED) is 0.148. The van der Waals surface area contributed by atoms with E-state index in [1.54, 1.807) is 24.3 Å². The van der Waals surface area contributed by atoms with Crippen molar-refractivity contribution in [2.45, 2.75) is 83.1 Å². The summed E-state index contributed by atoms with van der Waals surface area (Å²) in [5, 5.41) is 5.84. The maximum Gasteiger partial charge on any atom is 0.297 e. The van der Waals surface area contributed by atoms with E-state index in [1.807, 2.05) is 32.0 Å². The molecule has 1 saturated heterocycles. The maximum atomic E-state index is 12.8. The lowest BCUT2D eigenvalue weighted by Gasteiger charge is -2.30. The Balaban J connectivity index is 1.39. The van der Waals surface area contributed by atoms with E-state index in [4.69, 9.17) is 18.4 Å². The second-order valence-electron chi connectivity index (χ2n) is 10.9. The third kappa shape index (κ3) is 9.81. The van der Waals surface area contributed by atoms with Crippen molar-refractivity contribution in [1.29, 1.82) is 0 Å². The third-order valence-electron chi connectivity index (χ3n) is 7.68. The number of benzene rings is 2. The first kappa shape index (κ1) is 33.0. The first-order valence-corrected chi connectivity index (χ1v) is 16.8. The van der Waals surface area contributed by atoms with Gasteiger partial charge >= 0.3 is 0 Å². The summed E-state index contributed by atoms with van der Waals surface area (Å²) in [7, 11) is -3.94. The molecule has 2 aliphatic rings. The van der Waals surface area contributed by atoms with E-state index < -0.39 is 22.5 Å². The second-order valence-corrected chi connectivity index (χ2v) is 12.5. The number of rotatable bonds is 15. The first-order valence-electron chi connectivity index (χ1n) is 15.4. The van der Waals surface area contributed by atoms with Crippen LogP contribution in [0.25, 0.3) is 0 Å². The van der Waals surface area contributed by atoms with Crippen LogP contribution in [-0.2, 0) is 30.2 Å². The molecule has 10 heteroatoms. The monoisotopic (exact) mass is 613 g/mol. The lowest BCUT2D eigenvalue weighted by atomic mass is 9.93. The van der Waals surface area contributed by atoms with Gasteiger partial charge in [-0.15, -0.1) is 0 Å². The van der Waals surface area contributed by atoms with Crippen molar-refractivity contribution in [3.05, 3.63) is 77.5 Å². The van der Waals surface area contributed by atoms with Crippen LogP contribution in [0.2, 0.25) is 0 Å². The summed E-state index contributed by atoms with van der Waals surface area (Å²) in [6.45, 7) is 10.6. The standard InChI is InChI=1S/C33H47N3O6S/c1-5-10-27(22-34-36(6-2)7-3)32-18-14-26-21-28(15-19-31(26)35-32)40-23-29(42-33-11-8-9-20-39-33)24-41-43(37,38)30-16-12-25(4)13-17-30/h5,10,12-13,15-17,19,21-22,29,32-35H,6-9,11,14,18,20,23-24H2,1-4H3/b10-5-,27-22+. The number of ether oxygens (including phenoxy) is 3. The predicted octanol–water partition coefficient (Wildman–Crippen LogP) is 5.72. The molecule has 2 aliphatic heterocycles. The minimum atomic E-state index is -3.94. The third-order valence-corrected chi connectivity index (χ3v) is 8.98. The van der Waals surface area contributed by atoms with Crippen LogP contribution in [0, 0.1) is 6.92 Å². The van der Waals surface area contributed by atoms with Crippen molar-refractivity contribution in [2.24, 2.45) is 0 Å². The predicted molar refractivity (Wildman–Crippen MR) is 169 cm³/mol. The van der Waals surface area contributed by atoms with Crippen molar-refractivity contribution >= 4 is 15.8 Å². The molecule has 0 radical (unpaired) electrons. The van der Waals surface area contributed by atoms with Gasteiger partial charge in [0.15, 0.2) is 6.29 Å². The molecular weight excluding hydrogens is 566 g/mol. The summed E-state index contributed by atoms with van der Waals surface area (Å²) >= 11 is 0. The average molecular weight is 614 g/mol. The number of nitrogens with one attached hydrogen (secondary N) is 2. The SMILES string of the molecule is C/C=C\C(=C/NN(CC)CC)C1CCc2cc(OCC(COS(=O)(=O)c3ccc(C)cc3)OC3CCCCO3)ccc2N1. The summed E-state index contributed by atoms with van der Waals surface area (Å²) in [4.78, 5) is 0.114. The Bertz CT molecular complexity index is 1320. The molecule has 0 aromatic heterocycles. The van der Waals surface area contributed by atoms with Crippen molar-refractivity contribution in [3.8, 4) is 5.75 Å². The maximum absolute atomic E-state index is 12.8. The summed E-state index contributed by atoms with van der Waals surface area (Å²) in [5.41, 5.74) is 7.84. The minimum Gasteiger partial charge on any atom is -0.491 e. The molecule has 3 unspecified atom stereocenters. The van der Waals surface area contributed by atoms with E-state index in [2.05, 4.69) is 48.0 Å². The number of anilines is 1. The first-order chi connectivity index (χ1) is 20.8. The second kappa shape index (κ2) is 16.3. The summed E-state index contributed by atoms with van der Waals surface area (Å²) in [6.07, 6.45) is 9.84. The molecule has 236 valence electrons. The molecule has 0 saturated carbocycles. The normalized spacial score (nSPS) is 20.1. The molecule has 0 aliphatic carbocycles. The molecule has 1 fully saturated rings. The van der Waals surface area contributed by atoms with E-state index in [0.717, 1.165) is 56.4 Å². The summed E-state index contributed by atoms with van der Waals surface area (Å²) in [5.74, 6) is 0.700. The number of hydrogen-bond acceptors (Lipinski definition) is 9. The zero-order chi connectivity index (χ0) is 30.7. The fraction of sp³-hybridized carbons (Fsp3) is 0.515. The van der Waals surface area contributed by atoms with Gasteiger partial charge in [-0.3, -0.25) is 4.18 Å². The van der Waals surface area contributed by atoms with E-state index >= 15 is 0 Å². The fourth-order valence-corrected chi connectivity index (χ4v) is 6.07.